The molecule has 2 rings (SSSR count). The van der Waals surface area contributed by atoms with E-state index in [4.69, 9.17) is 0 Å². The Labute approximate surface area is 102 Å². The van der Waals surface area contributed by atoms with Crippen LogP contribution in [-0.2, 0) is 0 Å². The third-order valence-corrected chi connectivity index (χ3v) is 3.79. The molecule has 16 heavy (non-hydrogen) atoms. The normalized spacial score (nSPS) is 20.4. The molecule has 0 radical (unpaired) electrons. The van der Waals surface area contributed by atoms with Gasteiger partial charge in [0.2, 0.25) is 0 Å². The van der Waals surface area contributed by atoms with Crippen LogP contribution in [0.4, 0.5) is 5.69 Å². The minimum Gasteiger partial charge on any atom is -0.335 e. The first-order chi connectivity index (χ1) is 7.65. The molecule has 0 bridgehead atoms. The van der Waals surface area contributed by atoms with E-state index in [0.717, 1.165) is 16.6 Å². The lowest BCUT2D eigenvalue weighted by atomic mass is 10.1. The van der Waals surface area contributed by atoms with Gasteiger partial charge in [-0.1, -0.05) is 17.8 Å². The zero-order chi connectivity index (χ0) is 11.5. The van der Waals surface area contributed by atoms with Gasteiger partial charge in [0, 0.05) is 11.4 Å². The van der Waals surface area contributed by atoms with E-state index >= 15 is 0 Å². The highest BCUT2D eigenvalue weighted by Gasteiger charge is 2.11. The van der Waals surface area contributed by atoms with E-state index in [1.54, 1.807) is 0 Å². The SMILES string of the molecule is Cc1ccc(NC2=NC(C)CCS2)cc1C. The molecular formula is C13H18N2S. The highest BCUT2D eigenvalue weighted by molar-refractivity contribution is 8.14. The molecule has 2 nitrogen and oxygen atoms in total. The first-order valence-electron chi connectivity index (χ1n) is 5.70. The number of amidine groups is 1. The van der Waals surface area contributed by atoms with Crippen molar-refractivity contribution in [3.05, 3.63) is 29.3 Å². The van der Waals surface area contributed by atoms with Crippen LogP contribution in [0, 0.1) is 13.8 Å². The van der Waals surface area contributed by atoms with Crippen molar-refractivity contribution in [3.63, 3.8) is 0 Å². The maximum atomic E-state index is 4.60. The molecule has 3 heteroatoms. The Hall–Kier alpha value is -0.960. The number of benzene rings is 1. The first kappa shape index (κ1) is 11.5. The summed E-state index contributed by atoms with van der Waals surface area (Å²) in [6.45, 7) is 6.44. The average molecular weight is 234 g/mol. The second-order valence-corrected chi connectivity index (χ2v) is 5.43. The number of nitrogens with one attached hydrogen (secondary N) is 1. The quantitative estimate of drug-likeness (QED) is 0.803. The molecule has 0 saturated carbocycles. The van der Waals surface area contributed by atoms with Crippen molar-refractivity contribution in [2.45, 2.75) is 33.2 Å². The molecular weight excluding hydrogens is 216 g/mol. The molecule has 0 spiro atoms. The minimum absolute atomic E-state index is 0.454. The van der Waals surface area contributed by atoms with Crippen LogP contribution in [0.15, 0.2) is 23.2 Å². The Morgan fingerprint density at radius 2 is 2.12 bits per heavy atom. The van der Waals surface area contributed by atoms with E-state index in [1.807, 2.05) is 11.8 Å². The molecule has 0 amide bonds. The topological polar surface area (TPSA) is 24.4 Å². The predicted molar refractivity (Wildman–Crippen MR) is 73.5 cm³/mol. The van der Waals surface area contributed by atoms with Crippen LogP contribution in [0.5, 0.6) is 0 Å². The summed E-state index contributed by atoms with van der Waals surface area (Å²) in [4.78, 5) is 4.60. The summed E-state index contributed by atoms with van der Waals surface area (Å²) in [6.07, 6.45) is 1.18. The van der Waals surface area contributed by atoms with Gasteiger partial charge >= 0.3 is 0 Å². The van der Waals surface area contributed by atoms with Gasteiger partial charge < -0.3 is 5.32 Å². The highest BCUT2D eigenvalue weighted by atomic mass is 32.2. The van der Waals surface area contributed by atoms with Crippen LogP contribution < -0.4 is 5.32 Å². The van der Waals surface area contributed by atoms with Gasteiger partial charge in [0.15, 0.2) is 5.17 Å². The zero-order valence-electron chi connectivity index (χ0n) is 10.1. The highest BCUT2D eigenvalue weighted by Crippen LogP contribution is 2.20. The second-order valence-electron chi connectivity index (χ2n) is 4.34. The lowest BCUT2D eigenvalue weighted by Crippen LogP contribution is -2.18. The van der Waals surface area contributed by atoms with Crippen molar-refractivity contribution in [3.8, 4) is 0 Å². The standard InChI is InChI=1S/C13H18N2S/c1-9-4-5-12(8-10(9)2)15-13-14-11(3)6-7-16-13/h4-5,8,11H,6-7H2,1-3H3,(H,14,15). The van der Waals surface area contributed by atoms with Crippen molar-refractivity contribution in [1.82, 2.24) is 0 Å². The zero-order valence-corrected chi connectivity index (χ0v) is 10.9. The van der Waals surface area contributed by atoms with Crippen LogP contribution in [-0.4, -0.2) is 17.0 Å². The number of nitrogens with zero attached hydrogens (tertiary/aromatic N) is 1. The number of hydrogen-bond acceptors (Lipinski definition) is 3. The molecule has 86 valence electrons. The maximum absolute atomic E-state index is 4.60. The van der Waals surface area contributed by atoms with Gasteiger partial charge in [0.25, 0.3) is 0 Å². The molecule has 0 fully saturated rings. The minimum atomic E-state index is 0.454. The van der Waals surface area contributed by atoms with Gasteiger partial charge in [-0.2, -0.15) is 0 Å². The van der Waals surface area contributed by atoms with Gasteiger partial charge in [-0.25, -0.2) is 0 Å². The summed E-state index contributed by atoms with van der Waals surface area (Å²) in [7, 11) is 0. The number of aryl methyl sites for hydroxylation is 2. The molecule has 1 heterocycles. The molecule has 1 N–H and O–H groups in total. The fourth-order valence-corrected chi connectivity index (χ4v) is 2.74. The summed E-state index contributed by atoms with van der Waals surface area (Å²) < 4.78 is 0. The third kappa shape index (κ3) is 2.79. The summed E-state index contributed by atoms with van der Waals surface area (Å²) >= 11 is 1.81. The largest absolute Gasteiger partial charge is 0.335 e. The Morgan fingerprint density at radius 3 is 2.81 bits per heavy atom. The molecule has 0 saturated heterocycles. The van der Waals surface area contributed by atoms with Crippen molar-refractivity contribution in [2.24, 2.45) is 4.99 Å². The lowest BCUT2D eigenvalue weighted by molar-refractivity contribution is 0.720. The molecule has 1 unspecified atom stereocenters. The summed E-state index contributed by atoms with van der Waals surface area (Å²) in [5, 5.41) is 4.45. The number of thioether (sulfide) groups is 1. The third-order valence-electron chi connectivity index (χ3n) is 2.87. The van der Waals surface area contributed by atoms with E-state index in [0.29, 0.717) is 6.04 Å². The number of aliphatic imine (C=N–C) groups is 1. The van der Waals surface area contributed by atoms with Gasteiger partial charge in [-0.3, -0.25) is 4.99 Å². The Balaban J connectivity index is 2.11. The van der Waals surface area contributed by atoms with E-state index in [1.165, 1.54) is 17.5 Å². The molecule has 1 aromatic rings. The average Bonchev–Trinajstić information content (AvgIpc) is 2.24. The Kier molecular flexibility index (Phi) is 3.54. The van der Waals surface area contributed by atoms with E-state index < -0.39 is 0 Å². The smallest absolute Gasteiger partial charge is 0.161 e. The predicted octanol–water partition coefficient (Wildman–Crippen LogP) is 3.60. The van der Waals surface area contributed by atoms with Gasteiger partial charge in [0.05, 0.1) is 6.04 Å². The van der Waals surface area contributed by atoms with Crippen LogP contribution in [0.3, 0.4) is 0 Å². The van der Waals surface area contributed by atoms with Crippen LogP contribution in [0.1, 0.15) is 24.5 Å². The monoisotopic (exact) mass is 234 g/mol. The fraction of sp³-hybridized carbons (Fsp3) is 0.462. The Bertz CT molecular complexity index is 412. The van der Waals surface area contributed by atoms with Crippen molar-refractivity contribution in [1.29, 1.82) is 0 Å². The van der Waals surface area contributed by atoms with Crippen LogP contribution in [0.2, 0.25) is 0 Å². The number of hydrogen-bond donors (Lipinski definition) is 1. The summed E-state index contributed by atoms with van der Waals surface area (Å²) in [5.74, 6) is 1.16. The fourth-order valence-electron chi connectivity index (χ4n) is 1.64. The lowest BCUT2D eigenvalue weighted by Gasteiger charge is -2.18. The van der Waals surface area contributed by atoms with Crippen molar-refractivity contribution < 1.29 is 0 Å². The van der Waals surface area contributed by atoms with E-state index in [9.17, 15) is 0 Å². The molecule has 1 aliphatic heterocycles. The van der Waals surface area contributed by atoms with Crippen LogP contribution >= 0.6 is 11.8 Å². The van der Waals surface area contributed by atoms with Gasteiger partial charge in [0.1, 0.15) is 0 Å². The molecule has 1 aromatic carbocycles. The first-order valence-corrected chi connectivity index (χ1v) is 6.68. The van der Waals surface area contributed by atoms with Crippen LogP contribution in [0.25, 0.3) is 0 Å². The number of anilines is 1. The number of rotatable bonds is 1. The molecule has 1 atom stereocenters. The molecule has 0 aliphatic carbocycles. The van der Waals surface area contributed by atoms with Gasteiger partial charge in [-0.15, -0.1) is 0 Å². The summed E-state index contributed by atoms with van der Waals surface area (Å²) in [6, 6.07) is 6.90. The second kappa shape index (κ2) is 4.91. The van der Waals surface area contributed by atoms with E-state index in [-0.39, 0.29) is 0 Å². The Morgan fingerprint density at radius 1 is 1.31 bits per heavy atom. The molecule has 0 aromatic heterocycles. The van der Waals surface area contributed by atoms with Crippen molar-refractivity contribution in [2.75, 3.05) is 11.1 Å². The van der Waals surface area contributed by atoms with Crippen molar-refractivity contribution >= 4 is 22.6 Å². The molecule has 1 aliphatic rings. The van der Waals surface area contributed by atoms with Gasteiger partial charge in [-0.05, 0) is 50.5 Å². The summed E-state index contributed by atoms with van der Waals surface area (Å²) in [5.41, 5.74) is 3.79. The maximum Gasteiger partial charge on any atom is 0.161 e. The van der Waals surface area contributed by atoms with E-state index in [2.05, 4.69) is 49.3 Å².